The van der Waals surface area contributed by atoms with Crippen molar-refractivity contribution < 1.29 is 9.59 Å². The Bertz CT molecular complexity index is 997. The van der Waals surface area contributed by atoms with Crippen LogP contribution in [0.25, 0.3) is 11.0 Å². The van der Waals surface area contributed by atoms with Crippen LogP contribution in [0.4, 0.5) is 5.69 Å². The second-order valence-electron chi connectivity index (χ2n) is 6.21. The van der Waals surface area contributed by atoms with Gasteiger partial charge in [0.15, 0.2) is 0 Å². The van der Waals surface area contributed by atoms with Gasteiger partial charge in [0.25, 0.3) is 5.91 Å². The van der Waals surface area contributed by atoms with Crippen LogP contribution in [-0.4, -0.2) is 27.9 Å². The van der Waals surface area contributed by atoms with Gasteiger partial charge < -0.3 is 15.2 Å². The maximum absolute atomic E-state index is 12.4. The monoisotopic (exact) mass is 428 g/mol. The maximum atomic E-state index is 12.4. The summed E-state index contributed by atoms with van der Waals surface area (Å²) in [6.45, 7) is 2.38. The summed E-state index contributed by atoms with van der Waals surface area (Å²) in [6, 6.07) is 12.9. The first-order chi connectivity index (χ1) is 13.0. The zero-order valence-electron chi connectivity index (χ0n) is 15.3. The Labute approximate surface area is 166 Å². The first-order valence-electron chi connectivity index (χ1n) is 8.77. The summed E-state index contributed by atoms with van der Waals surface area (Å²) in [5, 5.41) is 5.77. The molecule has 6 nitrogen and oxygen atoms in total. The van der Waals surface area contributed by atoms with Crippen LogP contribution in [-0.2, 0) is 18.3 Å². The summed E-state index contributed by atoms with van der Waals surface area (Å²) in [5.74, 6) is 0.747. The lowest BCUT2D eigenvalue weighted by Crippen LogP contribution is -2.25. The zero-order chi connectivity index (χ0) is 19.4. The van der Waals surface area contributed by atoms with Crippen LogP contribution in [0.15, 0.2) is 46.9 Å². The molecule has 2 aromatic carbocycles. The third kappa shape index (κ3) is 4.54. The number of rotatable bonds is 6. The second kappa shape index (κ2) is 8.35. The first kappa shape index (κ1) is 19.1. The lowest BCUT2D eigenvalue weighted by Gasteiger charge is -2.06. The average molecular weight is 429 g/mol. The molecule has 140 valence electrons. The van der Waals surface area contributed by atoms with Gasteiger partial charge in [-0.05, 0) is 36.4 Å². The van der Waals surface area contributed by atoms with Gasteiger partial charge in [-0.2, -0.15) is 0 Å². The lowest BCUT2D eigenvalue weighted by molar-refractivity contribution is -0.120. The fourth-order valence-electron chi connectivity index (χ4n) is 2.82. The SMILES string of the molecule is CCC(=O)NCCc1nc2cc(NC(=O)c3cccc(Br)c3)ccc2n1C. The van der Waals surface area contributed by atoms with Crippen molar-refractivity contribution >= 4 is 44.5 Å². The van der Waals surface area contributed by atoms with E-state index >= 15 is 0 Å². The van der Waals surface area contributed by atoms with E-state index in [0.717, 1.165) is 21.3 Å². The van der Waals surface area contributed by atoms with E-state index in [-0.39, 0.29) is 11.8 Å². The first-order valence-corrected chi connectivity index (χ1v) is 9.56. The zero-order valence-corrected chi connectivity index (χ0v) is 16.8. The van der Waals surface area contributed by atoms with Crippen molar-refractivity contribution in [2.75, 3.05) is 11.9 Å². The van der Waals surface area contributed by atoms with E-state index < -0.39 is 0 Å². The van der Waals surface area contributed by atoms with Crippen molar-refractivity contribution in [3.05, 3.63) is 58.3 Å². The molecule has 27 heavy (non-hydrogen) atoms. The van der Waals surface area contributed by atoms with Crippen molar-refractivity contribution in [3.63, 3.8) is 0 Å². The quantitative estimate of drug-likeness (QED) is 0.628. The number of fused-ring (bicyclic) bond motifs is 1. The van der Waals surface area contributed by atoms with Crippen molar-refractivity contribution in [1.82, 2.24) is 14.9 Å². The smallest absolute Gasteiger partial charge is 0.255 e. The van der Waals surface area contributed by atoms with Crippen LogP contribution in [0.3, 0.4) is 0 Å². The molecule has 0 atom stereocenters. The van der Waals surface area contributed by atoms with Crippen LogP contribution in [0.2, 0.25) is 0 Å². The van der Waals surface area contributed by atoms with Crippen molar-refractivity contribution in [3.8, 4) is 0 Å². The highest BCUT2D eigenvalue weighted by Crippen LogP contribution is 2.21. The van der Waals surface area contributed by atoms with E-state index in [2.05, 4.69) is 31.5 Å². The van der Waals surface area contributed by atoms with Gasteiger partial charge in [0.05, 0.1) is 11.0 Å². The minimum absolute atomic E-state index is 0.0336. The summed E-state index contributed by atoms with van der Waals surface area (Å²) < 4.78 is 2.86. The van der Waals surface area contributed by atoms with E-state index in [9.17, 15) is 9.59 Å². The third-order valence-electron chi connectivity index (χ3n) is 4.31. The highest BCUT2D eigenvalue weighted by Gasteiger charge is 2.11. The van der Waals surface area contributed by atoms with Crippen LogP contribution in [0.5, 0.6) is 0 Å². The summed E-state index contributed by atoms with van der Waals surface area (Å²) >= 11 is 3.37. The second-order valence-corrected chi connectivity index (χ2v) is 7.12. The number of hydrogen-bond donors (Lipinski definition) is 2. The van der Waals surface area contributed by atoms with Crippen molar-refractivity contribution in [2.24, 2.45) is 7.05 Å². The van der Waals surface area contributed by atoms with Crippen molar-refractivity contribution in [1.29, 1.82) is 0 Å². The average Bonchev–Trinajstić information content (AvgIpc) is 2.96. The van der Waals surface area contributed by atoms with E-state index in [1.54, 1.807) is 12.1 Å². The van der Waals surface area contributed by atoms with Crippen LogP contribution < -0.4 is 10.6 Å². The number of anilines is 1. The normalized spacial score (nSPS) is 10.8. The van der Waals surface area contributed by atoms with E-state index in [1.165, 1.54) is 0 Å². The molecule has 2 amide bonds. The number of aryl methyl sites for hydroxylation is 1. The number of hydrogen-bond acceptors (Lipinski definition) is 3. The molecule has 1 aromatic heterocycles. The van der Waals surface area contributed by atoms with E-state index in [4.69, 9.17) is 0 Å². The molecule has 1 heterocycles. The number of benzene rings is 2. The van der Waals surface area contributed by atoms with Gasteiger partial charge in [-0.3, -0.25) is 9.59 Å². The number of halogens is 1. The molecule has 0 unspecified atom stereocenters. The van der Waals surface area contributed by atoms with Crippen molar-refractivity contribution in [2.45, 2.75) is 19.8 Å². The fourth-order valence-corrected chi connectivity index (χ4v) is 3.22. The predicted octanol–water partition coefficient (Wildman–Crippen LogP) is 3.66. The molecule has 0 saturated heterocycles. The molecule has 0 saturated carbocycles. The Morgan fingerprint density at radius 1 is 1.19 bits per heavy atom. The minimum atomic E-state index is -0.172. The summed E-state index contributed by atoms with van der Waals surface area (Å²) in [7, 11) is 1.95. The van der Waals surface area contributed by atoms with Gasteiger partial charge in [0.1, 0.15) is 5.82 Å². The lowest BCUT2D eigenvalue weighted by atomic mass is 10.2. The molecular formula is C20H21BrN4O2. The minimum Gasteiger partial charge on any atom is -0.356 e. The largest absolute Gasteiger partial charge is 0.356 e. The maximum Gasteiger partial charge on any atom is 0.255 e. The fraction of sp³-hybridized carbons (Fsp3) is 0.250. The summed E-state index contributed by atoms with van der Waals surface area (Å²) in [4.78, 5) is 28.4. The Balaban J connectivity index is 1.75. The molecule has 3 rings (SSSR count). The molecule has 0 fully saturated rings. The highest BCUT2D eigenvalue weighted by atomic mass is 79.9. The molecule has 7 heteroatoms. The molecule has 2 N–H and O–H groups in total. The Kier molecular flexibility index (Phi) is 5.91. The standard InChI is InChI=1S/C20H21BrN4O2/c1-3-19(26)22-10-9-18-24-16-12-15(7-8-17(16)25(18)2)23-20(27)13-5-4-6-14(21)11-13/h4-8,11-12H,3,9-10H2,1-2H3,(H,22,26)(H,23,27). The summed E-state index contributed by atoms with van der Waals surface area (Å²) in [5.41, 5.74) is 3.06. The van der Waals surface area contributed by atoms with Crippen LogP contribution in [0.1, 0.15) is 29.5 Å². The number of nitrogens with one attached hydrogen (secondary N) is 2. The number of aromatic nitrogens is 2. The topological polar surface area (TPSA) is 76.0 Å². The van der Waals surface area contributed by atoms with E-state index in [0.29, 0.717) is 30.6 Å². The molecular weight excluding hydrogens is 408 g/mol. The predicted molar refractivity (Wildman–Crippen MR) is 110 cm³/mol. The van der Waals surface area contributed by atoms with Gasteiger partial charge in [0, 0.05) is 42.2 Å². The van der Waals surface area contributed by atoms with Gasteiger partial charge >= 0.3 is 0 Å². The molecule has 0 spiro atoms. The van der Waals surface area contributed by atoms with Gasteiger partial charge in [0.2, 0.25) is 5.91 Å². The molecule has 0 aliphatic carbocycles. The Morgan fingerprint density at radius 2 is 2.00 bits per heavy atom. The molecule has 0 radical (unpaired) electrons. The Morgan fingerprint density at radius 3 is 2.74 bits per heavy atom. The highest BCUT2D eigenvalue weighted by molar-refractivity contribution is 9.10. The Hall–Kier alpha value is -2.67. The third-order valence-corrected chi connectivity index (χ3v) is 4.80. The molecule has 0 aliphatic heterocycles. The number of amides is 2. The number of imidazole rings is 1. The number of carbonyl (C=O) groups excluding carboxylic acids is 2. The van der Waals surface area contributed by atoms with Gasteiger partial charge in [-0.25, -0.2) is 4.98 Å². The number of carbonyl (C=O) groups is 2. The molecule has 0 aliphatic rings. The van der Waals surface area contributed by atoms with Gasteiger partial charge in [-0.1, -0.05) is 28.9 Å². The van der Waals surface area contributed by atoms with Crippen LogP contribution in [0, 0.1) is 0 Å². The van der Waals surface area contributed by atoms with E-state index in [1.807, 2.05) is 48.9 Å². The molecule has 3 aromatic rings. The van der Waals surface area contributed by atoms with Gasteiger partial charge in [-0.15, -0.1) is 0 Å². The summed E-state index contributed by atoms with van der Waals surface area (Å²) in [6.07, 6.45) is 1.13. The number of nitrogens with zero attached hydrogens (tertiary/aromatic N) is 2. The van der Waals surface area contributed by atoms with Crippen LogP contribution >= 0.6 is 15.9 Å². The molecule has 0 bridgehead atoms.